The number of carbonyl (C=O) groups is 1. The van der Waals surface area contributed by atoms with Crippen molar-refractivity contribution in [2.45, 2.75) is 12.8 Å². The fourth-order valence-electron chi connectivity index (χ4n) is 2.33. The van der Waals surface area contributed by atoms with Crippen molar-refractivity contribution in [1.29, 1.82) is 0 Å². The van der Waals surface area contributed by atoms with Crippen LogP contribution in [0.5, 0.6) is 0 Å². The van der Waals surface area contributed by atoms with Crippen LogP contribution in [0.1, 0.15) is 18.4 Å². The molecule has 0 aromatic heterocycles. The third kappa shape index (κ3) is 3.17. The number of allylic oxidation sites excluding steroid dienone is 1. The predicted octanol–water partition coefficient (Wildman–Crippen LogP) is 2.15. The summed E-state index contributed by atoms with van der Waals surface area (Å²) in [4.78, 5) is 10.9. The number of hydrogen-bond donors (Lipinski definition) is 2. The molecule has 0 saturated carbocycles. The second kappa shape index (κ2) is 5.64. The molecule has 17 heavy (non-hydrogen) atoms. The largest absolute Gasteiger partial charge is 0.478 e. The standard InChI is InChI=1S/C14H17NO2/c16-14(17)10-13(11-4-2-1-3-5-11)12-6-8-15-9-7-12/h1-5,10,12,15H,6-9H2,(H,16,17)/b13-10-. The van der Waals surface area contributed by atoms with E-state index in [9.17, 15) is 4.79 Å². The maximum absolute atomic E-state index is 10.9. The van der Waals surface area contributed by atoms with Gasteiger partial charge in [0.15, 0.2) is 0 Å². The van der Waals surface area contributed by atoms with Crippen molar-refractivity contribution in [3.63, 3.8) is 0 Å². The summed E-state index contributed by atoms with van der Waals surface area (Å²) in [6.45, 7) is 1.93. The van der Waals surface area contributed by atoms with Gasteiger partial charge in [-0.1, -0.05) is 30.3 Å². The van der Waals surface area contributed by atoms with Crippen LogP contribution in [0.4, 0.5) is 0 Å². The Morgan fingerprint density at radius 3 is 2.47 bits per heavy atom. The zero-order valence-electron chi connectivity index (χ0n) is 9.73. The summed E-state index contributed by atoms with van der Waals surface area (Å²) >= 11 is 0. The number of nitrogens with one attached hydrogen (secondary N) is 1. The summed E-state index contributed by atoms with van der Waals surface area (Å²) in [5, 5.41) is 12.3. The quantitative estimate of drug-likeness (QED) is 0.784. The van der Waals surface area contributed by atoms with Gasteiger partial charge in [-0.2, -0.15) is 0 Å². The molecule has 90 valence electrons. The highest BCUT2D eigenvalue weighted by molar-refractivity contribution is 5.90. The first-order valence-corrected chi connectivity index (χ1v) is 5.98. The highest BCUT2D eigenvalue weighted by atomic mass is 16.4. The topological polar surface area (TPSA) is 49.3 Å². The minimum atomic E-state index is -0.859. The third-order valence-electron chi connectivity index (χ3n) is 3.17. The molecule has 0 amide bonds. The van der Waals surface area contributed by atoms with E-state index in [0.717, 1.165) is 37.1 Å². The van der Waals surface area contributed by atoms with E-state index in [4.69, 9.17) is 5.11 Å². The van der Waals surface area contributed by atoms with Crippen molar-refractivity contribution in [1.82, 2.24) is 5.32 Å². The van der Waals surface area contributed by atoms with Crippen LogP contribution in [0.3, 0.4) is 0 Å². The average Bonchev–Trinajstić information content (AvgIpc) is 2.38. The Bertz CT molecular complexity index is 405. The van der Waals surface area contributed by atoms with Crippen molar-refractivity contribution < 1.29 is 9.90 Å². The minimum Gasteiger partial charge on any atom is -0.478 e. The second-order valence-electron chi connectivity index (χ2n) is 4.33. The van der Waals surface area contributed by atoms with E-state index >= 15 is 0 Å². The summed E-state index contributed by atoms with van der Waals surface area (Å²) in [5.74, 6) is -0.503. The zero-order chi connectivity index (χ0) is 12.1. The number of aliphatic carboxylic acids is 1. The summed E-state index contributed by atoms with van der Waals surface area (Å²) in [6, 6.07) is 9.82. The highest BCUT2D eigenvalue weighted by Gasteiger charge is 2.19. The van der Waals surface area contributed by atoms with Crippen molar-refractivity contribution in [2.75, 3.05) is 13.1 Å². The lowest BCUT2D eigenvalue weighted by molar-refractivity contribution is -0.131. The molecule has 1 heterocycles. The molecular weight excluding hydrogens is 214 g/mol. The van der Waals surface area contributed by atoms with Crippen LogP contribution in [-0.2, 0) is 4.79 Å². The lowest BCUT2D eigenvalue weighted by atomic mass is 9.85. The van der Waals surface area contributed by atoms with Crippen LogP contribution >= 0.6 is 0 Å². The van der Waals surface area contributed by atoms with Gasteiger partial charge in [0, 0.05) is 6.08 Å². The molecule has 0 radical (unpaired) electrons. The van der Waals surface area contributed by atoms with Gasteiger partial charge >= 0.3 is 5.97 Å². The van der Waals surface area contributed by atoms with Gasteiger partial charge in [-0.3, -0.25) is 0 Å². The normalized spacial score (nSPS) is 18.0. The Morgan fingerprint density at radius 2 is 1.88 bits per heavy atom. The number of hydrogen-bond acceptors (Lipinski definition) is 2. The minimum absolute atomic E-state index is 0.356. The van der Waals surface area contributed by atoms with Gasteiger partial charge in [-0.05, 0) is 43.0 Å². The second-order valence-corrected chi connectivity index (χ2v) is 4.33. The first-order valence-electron chi connectivity index (χ1n) is 5.98. The molecule has 3 heteroatoms. The van der Waals surface area contributed by atoms with Crippen molar-refractivity contribution in [3.8, 4) is 0 Å². The third-order valence-corrected chi connectivity index (χ3v) is 3.17. The zero-order valence-corrected chi connectivity index (χ0v) is 9.73. The van der Waals surface area contributed by atoms with Crippen LogP contribution in [0.2, 0.25) is 0 Å². The van der Waals surface area contributed by atoms with Crippen molar-refractivity contribution in [3.05, 3.63) is 42.0 Å². The van der Waals surface area contributed by atoms with Gasteiger partial charge in [0.2, 0.25) is 0 Å². The molecule has 0 spiro atoms. The number of carboxylic acid groups (broad SMARTS) is 1. The Morgan fingerprint density at radius 1 is 1.24 bits per heavy atom. The maximum Gasteiger partial charge on any atom is 0.328 e. The van der Waals surface area contributed by atoms with E-state index in [2.05, 4.69) is 5.32 Å². The van der Waals surface area contributed by atoms with Crippen LogP contribution in [0.25, 0.3) is 5.57 Å². The van der Waals surface area contributed by atoms with Gasteiger partial charge < -0.3 is 10.4 Å². The Balaban J connectivity index is 2.28. The highest BCUT2D eigenvalue weighted by Crippen LogP contribution is 2.29. The van der Waals surface area contributed by atoms with Gasteiger partial charge in [0.05, 0.1) is 0 Å². The Hall–Kier alpha value is -1.61. The van der Waals surface area contributed by atoms with Gasteiger partial charge in [-0.25, -0.2) is 4.79 Å². The first kappa shape index (κ1) is 11.9. The Labute approximate surface area is 101 Å². The Kier molecular flexibility index (Phi) is 3.94. The maximum atomic E-state index is 10.9. The number of rotatable bonds is 3. The number of benzene rings is 1. The molecule has 0 aliphatic carbocycles. The van der Waals surface area contributed by atoms with Gasteiger partial charge in [0.1, 0.15) is 0 Å². The lowest BCUT2D eigenvalue weighted by Gasteiger charge is -2.25. The van der Waals surface area contributed by atoms with Crippen molar-refractivity contribution in [2.24, 2.45) is 5.92 Å². The fraction of sp³-hybridized carbons (Fsp3) is 0.357. The van der Waals surface area contributed by atoms with Crippen LogP contribution in [-0.4, -0.2) is 24.2 Å². The van der Waals surface area contributed by atoms with E-state index in [0.29, 0.717) is 5.92 Å². The summed E-state index contributed by atoms with van der Waals surface area (Å²) in [7, 11) is 0. The molecule has 2 rings (SSSR count). The van der Waals surface area contributed by atoms with E-state index in [1.54, 1.807) is 0 Å². The molecule has 0 atom stereocenters. The van der Waals surface area contributed by atoms with E-state index in [1.165, 1.54) is 6.08 Å². The van der Waals surface area contributed by atoms with E-state index < -0.39 is 5.97 Å². The molecule has 1 aliphatic heterocycles. The SMILES string of the molecule is O=C(O)/C=C(/c1ccccc1)C1CCNCC1. The molecular formula is C14H17NO2. The van der Waals surface area contributed by atoms with Crippen LogP contribution in [0.15, 0.2) is 36.4 Å². The molecule has 1 aromatic carbocycles. The molecule has 2 N–H and O–H groups in total. The number of carboxylic acids is 1. The smallest absolute Gasteiger partial charge is 0.328 e. The average molecular weight is 231 g/mol. The monoisotopic (exact) mass is 231 g/mol. The first-order chi connectivity index (χ1) is 8.27. The van der Waals surface area contributed by atoms with Gasteiger partial charge in [-0.15, -0.1) is 0 Å². The van der Waals surface area contributed by atoms with Crippen LogP contribution in [0, 0.1) is 5.92 Å². The van der Waals surface area contributed by atoms with Crippen molar-refractivity contribution >= 4 is 11.5 Å². The number of piperidine rings is 1. The molecule has 0 unspecified atom stereocenters. The van der Waals surface area contributed by atoms with E-state index in [1.807, 2.05) is 30.3 Å². The molecule has 1 saturated heterocycles. The molecule has 1 aliphatic rings. The fourth-order valence-corrected chi connectivity index (χ4v) is 2.33. The molecule has 1 fully saturated rings. The molecule has 1 aromatic rings. The van der Waals surface area contributed by atoms with Crippen LogP contribution < -0.4 is 5.32 Å². The lowest BCUT2D eigenvalue weighted by Crippen LogP contribution is -2.28. The molecule has 0 bridgehead atoms. The summed E-state index contributed by atoms with van der Waals surface area (Å²) < 4.78 is 0. The van der Waals surface area contributed by atoms with E-state index in [-0.39, 0.29) is 0 Å². The molecule has 3 nitrogen and oxygen atoms in total. The summed E-state index contributed by atoms with van der Waals surface area (Å²) in [6.07, 6.45) is 3.38. The predicted molar refractivity (Wildman–Crippen MR) is 67.6 cm³/mol. The van der Waals surface area contributed by atoms with Gasteiger partial charge in [0.25, 0.3) is 0 Å². The summed E-state index contributed by atoms with van der Waals surface area (Å²) in [5.41, 5.74) is 1.99.